The summed E-state index contributed by atoms with van der Waals surface area (Å²) in [6, 6.07) is 17.4. The molecular formula is C25H31N5O3. The topological polar surface area (TPSA) is 88.5 Å². The van der Waals surface area contributed by atoms with E-state index in [4.69, 9.17) is 4.74 Å². The zero-order valence-corrected chi connectivity index (χ0v) is 19.5. The van der Waals surface area contributed by atoms with Crippen LogP contribution in [0.1, 0.15) is 19.4 Å². The molecule has 0 aliphatic carbocycles. The number of aryl methyl sites for hydroxylation is 1. The molecule has 0 bridgehead atoms. The average molecular weight is 450 g/mol. The fraction of sp³-hybridized carbons (Fsp3) is 0.320. The van der Waals surface area contributed by atoms with Gasteiger partial charge in [0.15, 0.2) is 0 Å². The predicted molar refractivity (Wildman–Crippen MR) is 129 cm³/mol. The minimum absolute atomic E-state index is 0.0422. The minimum atomic E-state index is -0.344. The maximum absolute atomic E-state index is 12.9. The molecule has 0 radical (unpaired) electrons. The molecule has 0 aliphatic heterocycles. The lowest BCUT2D eigenvalue weighted by molar-refractivity contribution is -0.117. The summed E-state index contributed by atoms with van der Waals surface area (Å²) >= 11 is 0. The van der Waals surface area contributed by atoms with E-state index in [0.29, 0.717) is 19.1 Å². The predicted octanol–water partition coefficient (Wildman–Crippen LogP) is 3.85. The minimum Gasteiger partial charge on any atom is -0.383 e. The van der Waals surface area contributed by atoms with Crippen LogP contribution in [0.15, 0.2) is 60.8 Å². The van der Waals surface area contributed by atoms with Gasteiger partial charge in [0.05, 0.1) is 12.3 Å². The number of hydrogen-bond acceptors (Lipinski definition) is 4. The average Bonchev–Trinajstić information content (AvgIpc) is 3.20. The van der Waals surface area contributed by atoms with Gasteiger partial charge in [0.2, 0.25) is 11.9 Å². The molecule has 3 amide bonds. The number of methoxy groups -OCH3 is 1. The summed E-state index contributed by atoms with van der Waals surface area (Å²) < 4.78 is 6.94. The van der Waals surface area contributed by atoms with Gasteiger partial charge in [0.25, 0.3) is 0 Å². The molecule has 3 rings (SSSR count). The van der Waals surface area contributed by atoms with E-state index in [2.05, 4.69) is 15.6 Å². The van der Waals surface area contributed by atoms with Crippen molar-refractivity contribution < 1.29 is 14.3 Å². The molecule has 33 heavy (non-hydrogen) atoms. The third kappa shape index (κ3) is 6.66. The highest BCUT2D eigenvalue weighted by Crippen LogP contribution is 2.24. The standard InChI is InChI=1S/C25H31N5O3/c1-18(2)26-25(32)29(14-15-33-4)17-23(31)28-24-27-22(20-8-6-5-7-9-20)16-30(24)21-12-10-19(3)11-13-21/h5-13,16,18H,14-15,17H2,1-4H3,(H,26,32)(H,27,28,31). The molecule has 3 aromatic rings. The van der Waals surface area contributed by atoms with Crippen molar-refractivity contribution in [3.8, 4) is 16.9 Å². The van der Waals surface area contributed by atoms with E-state index >= 15 is 0 Å². The summed E-state index contributed by atoms with van der Waals surface area (Å²) in [4.78, 5) is 31.5. The molecular weight excluding hydrogens is 418 g/mol. The van der Waals surface area contributed by atoms with Crippen molar-refractivity contribution in [2.75, 3.05) is 32.1 Å². The normalized spacial score (nSPS) is 10.8. The van der Waals surface area contributed by atoms with Gasteiger partial charge in [0.1, 0.15) is 6.54 Å². The van der Waals surface area contributed by atoms with Crippen molar-refractivity contribution in [3.63, 3.8) is 0 Å². The van der Waals surface area contributed by atoms with Gasteiger partial charge < -0.3 is 15.0 Å². The maximum atomic E-state index is 12.9. The van der Waals surface area contributed by atoms with Gasteiger partial charge in [0, 0.05) is 37.1 Å². The zero-order chi connectivity index (χ0) is 23.8. The van der Waals surface area contributed by atoms with Crippen LogP contribution in [-0.2, 0) is 9.53 Å². The first-order valence-electron chi connectivity index (χ1n) is 10.9. The third-order valence-electron chi connectivity index (χ3n) is 4.94. The molecule has 0 saturated heterocycles. The highest BCUT2D eigenvalue weighted by Gasteiger charge is 2.20. The smallest absolute Gasteiger partial charge is 0.318 e. The molecule has 174 valence electrons. The number of carbonyl (C=O) groups is 2. The molecule has 2 aromatic carbocycles. The van der Waals surface area contributed by atoms with Crippen LogP contribution in [0.4, 0.5) is 10.7 Å². The fourth-order valence-corrected chi connectivity index (χ4v) is 3.25. The Morgan fingerprint density at radius 2 is 1.79 bits per heavy atom. The van der Waals surface area contributed by atoms with Crippen molar-refractivity contribution in [1.82, 2.24) is 19.8 Å². The molecule has 8 heteroatoms. The highest BCUT2D eigenvalue weighted by molar-refractivity contribution is 5.93. The second-order valence-electron chi connectivity index (χ2n) is 8.09. The molecule has 8 nitrogen and oxygen atoms in total. The van der Waals surface area contributed by atoms with Crippen molar-refractivity contribution >= 4 is 17.9 Å². The van der Waals surface area contributed by atoms with E-state index in [1.54, 1.807) is 7.11 Å². The summed E-state index contributed by atoms with van der Waals surface area (Å²) in [6.45, 7) is 6.26. The first-order chi connectivity index (χ1) is 15.9. The Balaban J connectivity index is 1.85. The summed E-state index contributed by atoms with van der Waals surface area (Å²) in [5.74, 6) is 0.0437. The van der Waals surface area contributed by atoms with Crippen LogP contribution < -0.4 is 10.6 Å². The van der Waals surface area contributed by atoms with Gasteiger partial charge in [-0.05, 0) is 32.9 Å². The van der Waals surface area contributed by atoms with Crippen LogP contribution >= 0.6 is 0 Å². The number of hydrogen-bond donors (Lipinski definition) is 2. The number of rotatable bonds is 9. The first-order valence-corrected chi connectivity index (χ1v) is 10.9. The van der Waals surface area contributed by atoms with Gasteiger partial charge in [-0.1, -0.05) is 48.0 Å². The van der Waals surface area contributed by atoms with E-state index < -0.39 is 0 Å². The Morgan fingerprint density at radius 3 is 2.42 bits per heavy atom. The van der Waals surface area contributed by atoms with E-state index in [1.807, 2.05) is 86.1 Å². The lowest BCUT2D eigenvalue weighted by Crippen LogP contribution is -2.47. The molecule has 0 atom stereocenters. The quantitative estimate of drug-likeness (QED) is 0.519. The monoisotopic (exact) mass is 449 g/mol. The number of nitrogens with zero attached hydrogens (tertiary/aromatic N) is 3. The van der Waals surface area contributed by atoms with Crippen LogP contribution in [0, 0.1) is 6.92 Å². The van der Waals surface area contributed by atoms with Gasteiger partial charge in [-0.3, -0.25) is 14.7 Å². The second-order valence-corrected chi connectivity index (χ2v) is 8.09. The first kappa shape index (κ1) is 24.0. The van der Waals surface area contributed by atoms with Crippen molar-refractivity contribution in [2.45, 2.75) is 26.8 Å². The molecule has 2 N–H and O–H groups in total. The maximum Gasteiger partial charge on any atom is 0.318 e. The van der Waals surface area contributed by atoms with Gasteiger partial charge in [-0.25, -0.2) is 9.78 Å². The molecule has 0 saturated carbocycles. The largest absolute Gasteiger partial charge is 0.383 e. The van der Waals surface area contributed by atoms with Crippen molar-refractivity contribution in [2.24, 2.45) is 0 Å². The van der Waals surface area contributed by atoms with Crippen LogP contribution in [0.3, 0.4) is 0 Å². The molecule has 0 aliphatic rings. The molecule has 0 fully saturated rings. The lowest BCUT2D eigenvalue weighted by Gasteiger charge is -2.23. The van der Waals surface area contributed by atoms with Gasteiger partial charge in [-0.15, -0.1) is 0 Å². The number of ether oxygens (including phenoxy) is 1. The lowest BCUT2D eigenvalue weighted by atomic mass is 10.2. The number of imidazole rings is 1. The highest BCUT2D eigenvalue weighted by atomic mass is 16.5. The van der Waals surface area contributed by atoms with E-state index in [-0.39, 0.29) is 24.5 Å². The zero-order valence-electron chi connectivity index (χ0n) is 19.5. The van der Waals surface area contributed by atoms with Crippen LogP contribution in [0.25, 0.3) is 16.9 Å². The van der Waals surface area contributed by atoms with Crippen LogP contribution in [0.2, 0.25) is 0 Å². The third-order valence-corrected chi connectivity index (χ3v) is 4.94. The van der Waals surface area contributed by atoms with Gasteiger partial charge >= 0.3 is 6.03 Å². The van der Waals surface area contributed by atoms with Crippen LogP contribution in [-0.4, -0.2) is 59.2 Å². The number of benzene rings is 2. The van der Waals surface area contributed by atoms with Gasteiger partial charge in [-0.2, -0.15) is 0 Å². The fourth-order valence-electron chi connectivity index (χ4n) is 3.25. The Labute approximate surface area is 194 Å². The van der Waals surface area contributed by atoms with Crippen molar-refractivity contribution in [3.05, 3.63) is 66.4 Å². The summed E-state index contributed by atoms with van der Waals surface area (Å²) in [7, 11) is 1.56. The molecule has 0 spiro atoms. The van der Waals surface area contributed by atoms with Crippen LogP contribution in [0.5, 0.6) is 0 Å². The summed E-state index contributed by atoms with van der Waals surface area (Å²) in [5, 5.41) is 5.70. The molecule has 1 heterocycles. The number of anilines is 1. The Bertz CT molecular complexity index is 1060. The number of carbonyl (C=O) groups excluding carboxylic acids is 2. The van der Waals surface area contributed by atoms with E-state index in [9.17, 15) is 9.59 Å². The van der Waals surface area contributed by atoms with E-state index in [0.717, 1.165) is 22.5 Å². The number of nitrogens with one attached hydrogen (secondary N) is 2. The van der Waals surface area contributed by atoms with E-state index in [1.165, 1.54) is 4.90 Å². The summed E-state index contributed by atoms with van der Waals surface area (Å²) in [5.41, 5.74) is 3.69. The SMILES string of the molecule is COCCN(CC(=O)Nc1nc(-c2ccccc2)cn1-c1ccc(C)cc1)C(=O)NC(C)C. The number of aromatic nitrogens is 2. The number of urea groups is 1. The Morgan fingerprint density at radius 1 is 1.09 bits per heavy atom. The Hall–Kier alpha value is -3.65. The molecule has 1 aromatic heterocycles. The summed E-state index contributed by atoms with van der Waals surface area (Å²) in [6.07, 6.45) is 1.89. The Kier molecular flexibility index (Phi) is 8.21. The second kappa shape index (κ2) is 11.3. The number of amides is 3. The van der Waals surface area contributed by atoms with Crippen molar-refractivity contribution in [1.29, 1.82) is 0 Å². The molecule has 0 unspecified atom stereocenters.